The first-order valence-corrected chi connectivity index (χ1v) is 18.9. The highest BCUT2D eigenvalue weighted by molar-refractivity contribution is 7.81. The lowest BCUT2D eigenvalue weighted by Crippen LogP contribution is -2.33. The van der Waals surface area contributed by atoms with Gasteiger partial charge in [0.25, 0.3) is 0 Å². The summed E-state index contributed by atoms with van der Waals surface area (Å²) in [5, 5.41) is 3.58. The van der Waals surface area contributed by atoms with E-state index < -0.39 is 7.29 Å². The summed E-state index contributed by atoms with van der Waals surface area (Å²) in [6.07, 6.45) is 0. The normalized spacial score (nSPS) is 15.0. The van der Waals surface area contributed by atoms with Crippen LogP contribution in [0.2, 0.25) is 0 Å². The third kappa shape index (κ3) is 4.58. The fraction of sp³-hybridized carbons (Fsp3) is 0. The van der Waals surface area contributed by atoms with Crippen LogP contribution in [0.15, 0.2) is 182 Å². The highest BCUT2D eigenvalue weighted by atomic mass is 31.2. The van der Waals surface area contributed by atoms with E-state index in [1.54, 1.807) is 0 Å². The molecule has 1 unspecified atom stereocenters. The van der Waals surface area contributed by atoms with Crippen molar-refractivity contribution in [3.63, 3.8) is 0 Å². The van der Waals surface area contributed by atoms with Crippen molar-refractivity contribution in [3.05, 3.63) is 182 Å². The molecule has 0 amide bonds. The van der Waals surface area contributed by atoms with Crippen molar-refractivity contribution >= 4 is 51.1 Å². The average Bonchev–Trinajstić information content (AvgIpc) is 3.57. The predicted octanol–water partition coefficient (Wildman–Crippen LogP) is 10.4. The molecule has 0 saturated heterocycles. The van der Waals surface area contributed by atoms with Gasteiger partial charge in [0.15, 0.2) is 11.6 Å². The Kier molecular flexibility index (Phi) is 6.98. The third-order valence-electron chi connectivity index (χ3n) is 9.82. The smallest absolute Gasteiger partial charge is 0.238 e. The van der Waals surface area contributed by atoms with E-state index >= 15 is 4.57 Å². The van der Waals surface area contributed by atoms with E-state index in [4.69, 9.17) is 15.0 Å². The molecule has 0 radical (unpaired) electrons. The van der Waals surface area contributed by atoms with Crippen LogP contribution >= 0.6 is 7.29 Å². The molecule has 0 N–H and O–H groups in total. The summed E-state index contributed by atoms with van der Waals surface area (Å²) in [5.41, 5.74) is 7.38. The third-order valence-corrected chi connectivity index (χ3v) is 12.9. The molecule has 6 nitrogen and oxygen atoms in total. The molecule has 2 aromatic heterocycles. The first-order chi connectivity index (χ1) is 25.7. The molecule has 1 atom stereocenters. The molecule has 7 aromatic carbocycles. The first kappa shape index (κ1) is 30.2. The van der Waals surface area contributed by atoms with Crippen molar-refractivity contribution in [1.29, 1.82) is 0 Å². The maximum Gasteiger partial charge on any atom is 0.238 e. The van der Waals surface area contributed by atoms with Crippen molar-refractivity contribution in [2.24, 2.45) is 0 Å². The highest BCUT2D eigenvalue weighted by Crippen LogP contribution is 2.63. The van der Waals surface area contributed by atoms with Crippen molar-refractivity contribution in [2.75, 3.05) is 4.67 Å². The molecule has 246 valence electrons. The van der Waals surface area contributed by atoms with Crippen molar-refractivity contribution < 1.29 is 4.57 Å². The molecule has 0 saturated carbocycles. The van der Waals surface area contributed by atoms with E-state index in [0.29, 0.717) is 17.6 Å². The minimum absolute atomic E-state index is 0.507. The van der Waals surface area contributed by atoms with Crippen LogP contribution < -0.4 is 15.3 Å². The fourth-order valence-corrected chi connectivity index (χ4v) is 10.6. The van der Waals surface area contributed by atoms with Gasteiger partial charge in [0.05, 0.1) is 16.7 Å². The lowest BCUT2D eigenvalue weighted by atomic mass is 9.98. The Labute approximate surface area is 300 Å². The van der Waals surface area contributed by atoms with Crippen LogP contribution in [-0.4, -0.2) is 19.5 Å². The van der Waals surface area contributed by atoms with Crippen LogP contribution in [-0.2, 0) is 4.57 Å². The molecule has 9 aromatic rings. The summed E-state index contributed by atoms with van der Waals surface area (Å²) in [4.78, 5) is 15.3. The van der Waals surface area contributed by atoms with E-state index in [1.807, 2.05) is 133 Å². The lowest BCUT2D eigenvalue weighted by molar-refractivity contribution is 0.587. The lowest BCUT2D eigenvalue weighted by Gasteiger charge is -2.40. The molecule has 1 aliphatic rings. The van der Waals surface area contributed by atoms with Gasteiger partial charge in [-0.2, -0.15) is 9.97 Å². The molecule has 10 rings (SSSR count). The molecule has 7 heteroatoms. The molecule has 1 aliphatic heterocycles. The van der Waals surface area contributed by atoms with Gasteiger partial charge < -0.3 is 0 Å². The monoisotopic (exact) mass is 687 g/mol. The number of aromatic nitrogens is 4. The second-order valence-electron chi connectivity index (χ2n) is 12.8. The standard InChI is InChI=1S/C45H30N5OP/c51-52(34-23-11-4-12-24-34)40-28-16-14-25-35(40)36-29-30-39-41(42(36)50(52)33-21-9-3-10-22-33)37-26-13-15-27-38(37)49(39)45-47-43(31-17-5-1-6-18-31)46-44(48-45)32-19-7-2-8-20-32/h1-30H. The number of anilines is 2. The Morgan fingerprint density at radius 3 is 1.69 bits per heavy atom. The van der Waals surface area contributed by atoms with Gasteiger partial charge >= 0.3 is 0 Å². The minimum Gasteiger partial charge on any atom is -0.289 e. The van der Waals surface area contributed by atoms with E-state index in [2.05, 4.69) is 57.8 Å². The van der Waals surface area contributed by atoms with E-state index in [9.17, 15) is 0 Å². The SMILES string of the molecule is O=P1(c2ccccc2)c2ccccc2-c2ccc3c(c2N1c1ccccc1)c1ccccc1n3-c1nc(-c2ccccc2)nc(-c2ccccc2)n1. The van der Waals surface area contributed by atoms with E-state index in [1.165, 1.54) is 0 Å². The van der Waals surface area contributed by atoms with Gasteiger partial charge in [-0.3, -0.25) is 13.8 Å². The highest BCUT2D eigenvalue weighted by Gasteiger charge is 2.44. The van der Waals surface area contributed by atoms with E-state index in [0.717, 1.165) is 66.0 Å². The molecule has 0 fully saturated rings. The second-order valence-corrected chi connectivity index (χ2v) is 15.3. The maximum atomic E-state index is 16.3. The molecule has 3 heterocycles. The Morgan fingerprint density at radius 2 is 1.02 bits per heavy atom. The number of rotatable bonds is 5. The number of fused-ring (bicyclic) bond motifs is 7. The molecule has 0 spiro atoms. The fourth-order valence-electron chi connectivity index (χ4n) is 7.55. The van der Waals surface area contributed by atoms with E-state index in [-0.39, 0.29) is 0 Å². The Balaban J connectivity index is 1.34. The summed E-state index contributed by atoms with van der Waals surface area (Å²) in [6, 6.07) is 60.9. The van der Waals surface area contributed by atoms with Crippen LogP contribution in [0.5, 0.6) is 0 Å². The molecule has 0 aliphatic carbocycles. The predicted molar refractivity (Wildman–Crippen MR) is 212 cm³/mol. The zero-order chi connectivity index (χ0) is 34.6. The maximum absolute atomic E-state index is 16.3. The van der Waals surface area contributed by atoms with Gasteiger partial charge in [0, 0.05) is 43.8 Å². The van der Waals surface area contributed by atoms with Crippen molar-refractivity contribution in [3.8, 4) is 39.9 Å². The van der Waals surface area contributed by atoms with Gasteiger partial charge in [0.1, 0.15) is 0 Å². The second kappa shape index (κ2) is 12.0. The van der Waals surface area contributed by atoms with Gasteiger partial charge in [-0.1, -0.05) is 140 Å². The molecular formula is C45H30N5OP. The van der Waals surface area contributed by atoms with Gasteiger partial charge in [-0.05, 0) is 48.0 Å². The quantitative estimate of drug-likeness (QED) is 0.169. The van der Waals surface area contributed by atoms with Crippen LogP contribution in [0.25, 0.3) is 61.7 Å². The number of hydrogen-bond acceptors (Lipinski definition) is 4. The summed E-state index contributed by atoms with van der Waals surface area (Å²) in [6.45, 7) is 0. The summed E-state index contributed by atoms with van der Waals surface area (Å²) in [7, 11) is -3.48. The largest absolute Gasteiger partial charge is 0.289 e. The number of nitrogens with zero attached hydrogens (tertiary/aromatic N) is 5. The number of benzene rings is 7. The zero-order valence-electron chi connectivity index (χ0n) is 27.9. The van der Waals surface area contributed by atoms with Crippen molar-refractivity contribution in [1.82, 2.24) is 19.5 Å². The summed E-state index contributed by atoms with van der Waals surface area (Å²) >= 11 is 0. The summed E-state index contributed by atoms with van der Waals surface area (Å²) < 4.78 is 20.5. The Morgan fingerprint density at radius 1 is 0.462 bits per heavy atom. The zero-order valence-corrected chi connectivity index (χ0v) is 28.8. The Bertz CT molecular complexity index is 2760. The van der Waals surface area contributed by atoms with Gasteiger partial charge in [-0.25, -0.2) is 4.98 Å². The van der Waals surface area contributed by atoms with Gasteiger partial charge in [0.2, 0.25) is 13.2 Å². The number of hydrogen-bond donors (Lipinski definition) is 0. The summed E-state index contributed by atoms with van der Waals surface area (Å²) in [5.74, 6) is 1.68. The van der Waals surface area contributed by atoms with Crippen molar-refractivity contribution in [2.45, 2.75) is 0 Å². The van der Waals surface area contributed by atoms with Crippen LogP contribution in [0.4, 0.5) is 11.4 Å². The molecular weight excluding hydrogens is 658 g/mol. The minimum atomic E-state index is -3.48. The Hall–Kier alpha value is -6.62. The molecule has 52 heavy (non-hydrogen) atoms. The first-order valence-electron chi connectivity index (χ1n) is 17.2. The molecule has 0 bridgehead atoms. The average molecular weight is 688 g/mol. The van der Waals surface area contributed by atoms with Crippen LogP contribution in [0, 0.1) is 0 Å². The van der Waals surface area contributed by atoms with Crippen LogP contribution in [0.3, 0.4) is 0 Å². The van der Waals surface area contributed by atoms with Gasteiger partial charge in [-0.15, -0.1) is 0 Å². The topological polar surface area (TPSA) is 63.9 Å². The number of para-hydroxylation sites is 2. The van der Waals surface area contributed by atoms with Crippen LogP contribution in [0.1, 0.15) is 0 Å².